The zero-order valence-corrected chi connectivity index (χ0v) is 21.8. The van der Waals surface area contributed by atoms with Crippen LogP contribution in [0, 0.1) is 6.92 Å². The monoisotopic (exact) mass is 493 g/mol. The summed E-state index contributed by atoms with van der Waals surface area (Å²) in [5.41, 5.74) is 7.57. The molecule has 188 valence electrons. The largest absolute Gasteiger partial charge is 0.462 e. The van der Waals surface area contributed by atoms with E-state index in [1.807, 2.05) is 31.2 Å². The first-order valence-electron chi connectivity index (χ1n) is 12.6. The molecule has 0 radical (unpaired) electrons. The van der Waals surface area contributed by atoms with Crippen molar-refractivity contribution in [2.45, 2.75) is 46.1 Å². The third kappa shape index (κ3) is 4.44. The van der Waals surface area contributed by atoms with Crippen LogP contribution in [0.15, 0.2) is 72.8 Å². The summed E-state index contributed by atoms with van der Waals surface area (Å²) in [5.74, 6) is -0.540. The number of ether oxygens (including phenoxy) is 1. The van der Waals surface area contributed by atoms with Gasteiger partial charge in [-0.1, -0.05) is 74.9 Å². The zero-order valence-electron chi connectivity index (χ0n) is 21.8. The highest BCUT2D eigenvalue weighted by Crippen LogP contribution is 2.45. The normalized spacial score (nSPS) is 15.1. The van der Waals surface area contributed by atoms with Crippen LogP contribution in [0.4, 0.5) is 5.69 Å². The number of aromatic nitrogens is 2. The summed E-state index contributed by atoms with van der Waals surface area (Å²) in [6.07, 6.45) is 0. The van der Waals surface area contributed by atoms with Crippen molar-refractivity contribution in [1.82, 2.24) is 10.2 Å². The second-order valence-corrected chi connectivity index (χ2v) is 10.4. The molecule has 1 atom stereocenters. The van der Waals surface area contributed by atoms with Crippen molar-refractivity contribution in [2.24, 2.45) is 0 Å². The minimum atomic E-state index is -0.382. The molecule has 0 saturated heterocycles. The van der Waals surface area contributed by atoms with Gasteiger partial charge in [0, 0.05) is 16.8 Å². The van der Waals surface area contributed by atoms with E-state index in [2.05, 4.69) is 55.2 Å². The fourth-order valence-electron chi connectivity index (χ4n) is 4.80. The number of hydrogen-bond donors (Lipinski definition) is 1. The van der Waals surface area contributed by atoms with E-state index in [1.165, 1.54) is 5.56 Å². The molecule has 1 amide bonds. The van der Waals surface area contributed by atoms with Gasteiger partial charge in [-0.25, -0.2) is 4.79 Å². The summed E-state index contributed by atoms with van der Waals surface area (Å²) < 4.78 is 5.12. The Balaban J connectivity index is 1.63. The van der Waals surface area contributed by atoms with Crippen LogP contribution in [0.2, 0.25) is 0 Å². The SMILES string of the molecule is CCOC(=O)c1ccc(N2C(=O)c3[nH]nc(-c4ccc(C)cc4)c3C2c2ccc(C(C)(C)C)cc2)cc1. The van der Waals surface area contributed by atoms with E-state index in [9.17, 15) is 9.59 Å². The molecule has 4 aromatic rings. The lowest BCUT2D eigenvalue weighted by atomic mass is 9.85. The van der Waals surface area contributed by atoms with Crippen LogP contribution < -0.4 is 4.90 Å². The highest BCUT2D eigenvalue weighted by molar-refractivity contribution is 6.12. The van der Waals surface area contributed by atoms with Crippen molar-refractivity contribution in [3.63, 3.8) is 0 Å². The van der Waals surface area contributed by atoms with Crippen LogP contribution in [0.1, 0.15) is 76.8 Å². The van der Waals surface area contributed by atoms with Gasteiger partial charge in [-0.05, 0) is 54.7 Å². The van der Waals surface area contributed by atoms with Crippen molar-refractivity contribution in [2.75, 3.05) is 11.5 Å². The van der Waals surface area contributed by atoms with Crippen LogP contribution in [0.3, 0.4) is 0 Å². The molecule has 1 aliphatic rings. The predicted molar refractivity (Wildman–Crippen MR) is 145 cm³/mol. The third-order valence-corrected chi connectivity index (χ3v) is 6.84. The first-order chi connectivity index (χ1) is 17.7. The quantitative estimate of drug-likeness (QED) is 0.318. The average Bonchev–Trinajstić information content (AvgIpc) is 3.43. The predicted octanol–water partition coefficient (Wildman–Crippen LogP) is 6.61. The van der Waals surface area contributed by atoms with Crippen molar-refractivity contribution in [3.05, 3.63) is 106 Å². The Bertz CT molecular complexity index is 1440. The number of aryl methyl sites for hydroxylation is 1. The smallest absolute Gasteiger partial charge is 0.338 e. The van der Waals surface area contributed by atoms with E-state index in [0.717, 1.165) is 27.9 Å². The summed E-state index contributed by atoms with van der Waals surface area (Å²) in [6, 6.07) is 23.2. The van der Waals surface area contributed by atoms with Gasteiger partial charge in [0.1, 0.15) is 5.69 Å². The van der Waals surface area contributed by atoms with Gasteiger partial charge in [-0.2, -0.15) is 5.10 Å². The number of benzene rings is 3. The summed E-state index contributed by atoms with van der Waals surface area (Å²) >= 11 is 0. The van der Waals surface area contributed by atoms with E-state index in [4.69, 9.17) is 4.74 Å². The number of esters is 1. The zero-order chi connectivity index (χ0) is 26.3. The second-order valence-electron chi connectivity index (χ2n) is 10.4. The molecule has 3 aromatic carbocycles. The van der Waals surface area contributed by atoms with Gasteiger partial charge in [-0.15, -0.1) is 0 Å². The lowest BCUT2D eigenvalue weighted by molar-refractivity contribution is 0.0526. The van der Waals surface area contributed by atoms with E-state index < -0.39 is 0 Å². The number of carbonyl (C=O) groups is 2. The Morgan fingerprint density at radius 1 is 0.973 bits per heavy atom. The molecule has 1 aromatic heterocycles. The fourth-order valence-corrected chi connectivity index (χ4v) is 4.80. The second kappa shape index (κ2) is 9.36. The lowest BCUT2D eigenvalue weighted by Gasteiger charge is -2.27. The van der Waals surface area contributed by atoms with E-state index in [1.54, 1.807) is 36.1 Å². The molecule has 0 aliphatic carbocycles. The van der Waals surface area contributed by atoms with Crippen LogP contribution in [0.25, 0.3) is 11.3 Å². The fraction of sp³-hybridized carbons (Fsp3) is 0.258. The van der Waals surface area contributed by atoms with Gasteiger partial charge >= 0.3 is 5.97 Å². The van der Waals surface area contributed by atoms with Gasteiger partial charge in [0.05, 0.1) is 23.9 Å². The molecule has 1 aliphatic heterocycles. The number of nitrogens with one attached hydrogen (secondary N) is 1. The van der Waals surface area contributed by atoms with Gasteiger partial charge < -0.3 is 4.74 Å². The topological polar surface area (TPSA) is 75.3 Å². The number of H-pyrrole nitrogens is 1. The van der Waals surface area contributed by atoms with Crippen LogP contribution in [-0.4, -0.2) is 28.7 Å². The molecular weight excluding hydrogens is 462 g/mol. The number of aromatic amines is 1. The summed E-state index contributed by atoms with van der Waals surface area (Å²) in [6.45, 7) is 10.7. The molecule has 37 heavy (non-hydrogen) atoms. The minimum absolute atomic E-state index is 0.0144. The molecule has 0 spiro atoms. The molecule has 6 heteroatoms. The molecule has 1 N–H and O–H groups in total. The maximum absolute atomic E-state index is 13.8. The average molecular weight is 494 g/mol. The standard InChI is InChI=1S/C31H31N3O3/c1-6-37-30(36)22-13-17-24(18-14-22)34-28(21-11-15-23(16-12-21)31(3,4)5)25-26(32-33-27(25)29(34)35)20-9-7-19(2)8-10-20/h7-18,28H,6H2,1-5H3,(H,32,33). The minimum Gasteiger partial charge on any atom is -0.462 e. The molecule has 0 fully saturated rings. The number of nitrogens with zero attached hydrogens (tertiary/aromatic N) is 2. The number of carbonyl (C=O) groups excluding carboxylic acids is 2. The van der Waals surface area contributed by atoms with Crippen LogP contribution in [-0.2, 0) is 10.2 Å². The Labute approximate surface area is 217 Å². The Hall–Kier alpha value is -4.19. The van der Waals surface area contributed by atoms with Crippen molar-refractivity contribution < 1.29 is 14.3 Å². The maximum atomic E-state index is 13.8. The van der Waals surface area contributed by atoms with E-state index in [-0.39, 0.29) is 23.3 Å². The maximum Gasteiger partial charge on any atom is 0.338 e. The summed E-state index contributed by atoms with van der Waals surface area (Å²) in [4.78, 5) is 27.8. The van der Waals surface area contributed by atoms with Gasteiger partial charge in [0.15, 0.2) is 0 Å². The van der Waals surface area contributed by atoms with Crippen LogP contribution >= 0.6 is 0 Å². The van der Waals surface area contributed by atoms with Crippen LogP contribution in [0.5, 0.6) is 0 Å². The lowest BCUT2D eigenvalue weighted by Crippen LogP contribution is -2.29. The number of hydrogen-bond acceptors (Lipinski definition) is 4. The highest BCUT2D eigenvalue weighted by Gasteiger charge is 2.43. The highest BCUT2D eigenvalue weighted by atomic mass is 16.5. The molecular formula is C31H31N3O3. The molecule has 0 saturated carbocycles. The molecule has 5 rings (SSSR count). The van der Waals surface area contributed by atoms with E-state index in [0.29, 0.717) is 23.6 Å². The van der Waals surface area contributed by atoms with Crippen molar-refractivity contribution in [3.8, 4) is 11.3 Å². The number of anilines is 1. The van der Waals surface area contributed by atoms with E-state index >= 15 is 0 Å². The number of fused-ring (bicyclic) bond motifs is 1. The Morgan fingerprint density at radius 3 is 2.22 bits per heavy atom. The summed E-state index contributed by atoms with van der Waals surface area (Å²) in [7, 11) is 0. The van der Waals surface area contributed by atoms with Gasteiger partial charge in [0.25, 0.3) is 5.91 Å². The first-order valence-corrected chi connectivity index (χ1v) is 12.6. The Morgan fingerprint density at radius 2 is 1.62 bits per heavy atom. The first kappa shape index (κ1) is 24.5. The van der Waals surface area contributed by atoms with Crippen molar-refractivity contribution in [1.29, 1.82) is 0 Å². The van der Waals surface area contributed by atoms with Gasteiger partial charge in [0.2, 0.25) is 0 Å². The number of rotatable bonds is 5. The number of amides is 1. The summed E-state index contributed by atoms with van der Waals surface area (Å²) in [5, 5.41) is 7.59. The Kier molecular flexibility index (Phi) is 6.20. The van der Waals surface area contributed by atoms with Crippen molar-refractivity contribution >= 4 is 17.6 Å². The van der Waals surface area contributed by atoms with Gasteiger partial charge in [-0.3, -0.25) is 14.8 Å². The molecule has 0 bridgehead atoms. The molecule has 6 nitrogen and oxygen atoms in total. The molecule has 2 heterocycles. The molecule has 1 unspecified atom stereocenters. The third-order valence-electron chi connectivity index (χ3n) is 6.84.